The first-order valence-corrected chi connectivity index (χ1v) is 8.05. The zero-order valence-electron chi connectivity index (χ0n) is 11.5. The lowest BCUT2D eigenvalue weighted by atomic mass is 10.2. The van der Waals surface area contributed by atoms with Crippen LogP contribution >= 0.6 is 27.3 Å². The molecular formula is C14H17BrN2O2S. The third-order valence-electron chi connectivity index (χ3n) is 2.72. The van der Waals surface area contributed by atoms with Gasteiger partial charge in [0.1, 0.15) is 6.61 Å². The molecule has 108 valence electrons. The van der Waals surface area contributed by atoms with E-state index in [-0.39, 0.29) is 0 Å². The van der Waals surface area contributed by atoms with E-state index in [1.54, 1.807) is 24.0 Å². The topological polar surface area (TPSA) is 43.4 Å². The van der Waals surface area contributed by atoms with Crippen molar-refractivity contribution in [1.29, 1.82) is 0 Å². The molecule has 20 heavy (non-hydrogen) atoms. The maximum absolute atomic E-state index is 5.81. The molecule has 4 nitrogen and oxygen atoms in total. The molecule has 0 aliphatic rings. The largest absolute Gasteiger partial charge is 0.493 e. The highest BCUT2D eigenvalue weighted by Gasteiger charge is 2.12. The molecule has 0 atom stereocenters. The summed E-state index contributed by atoms with van der Waals surface area (Å²) in [6.45, 7) is 4.25. The molecule has 6 heteroatoms. The zero-order chi connectivity index (χ0) is 14.4. The third kappa shape index (κ3) is 3.94. The van der Waals surface area contributed by atoms with Crippen LogP contribution in [-0.2, 0) is 13.2 Å². The maximum atomic E-state index is 5.81. The Morgan fingerprint density at radius 1 is 1.40 bits per heavy atom. The number of hydrogen-bond acceptors (Lipinski definition) is 5. The van der Waals surface area contributed by atoms with Crippen LogP contribution in [0.1, 0.15) is 18.2 Å². The van der Waals surface area contributed by atoms with Crippen LogP contribution in [0.4, 0.5) is 0 Å². The molecule has 2 rings (SSSR count). The lowest BCUT2D eigenvalue weighted by Crippen LogP contribution is -2.12. The van der Waals surface area contributed by atoms with E-state index < -0.39 is 0 Å². The quantitative estimate of drug-likeness (QED) is 0.822. The van der Waals surface area contributed by atoms with Gasteiger partial charge in [0.15, 0.2) is 11.5 Å². The summed E-state index contributed by atoms with van der Waals surface area (Å²) in [4.78, 5) is 4.20. The minimum Gasteiger partial charge on any atom is -0.493 e. The third-order valence-corrected chi connectivity index (χ3v) is 3.94. The molecule has 1 N–H and O–H groups in total. The number of halogens is 1. The molecule has 0 unspecified atom stereocenters. The fourth-order valence-corrected chi connectivity index (χ4v) is 2.89. The number of methoxy groups -OCH3 is 1. The number of nitrogens with one attached hydrogen (secondary N) is 1. The van der Waals surface area contributed by atoms with Gasteiger partial charge in [-0.25, -0.2) is 4.98 Å². The van der Waals surface area contributed by atoms with E-state index in [0.29, 0.717) is 12.4 Å². The molecule has 0 radical (unpaired) electrons. The van der Waals surface area contributed by atoms with Gasteiger partial charge in [-0.2, -0.15) is 0 Å². The van der Waals surface area contributed by atoms with E-state index >= 15 is 0 Å². The van der Waals surface area contributed by atoms with E-state index in [2.05, 4.69) is 33.2 Å². The number of rotatable bonds is 7. The Balaban J connectivity index is 2.14. The molecule has 0 aliphatic heterocycles. The van der Waals surface area contributed by atoms with Crippen molar-refractivity contribution in [2.24, 2.45) is 0 Å². The fourth-order valence-electron chi connectivity index (χ4n) is 1.74. The second-order valence-electron chi connectivity index (χ2n) is 4.16. The number of ether oxygens (including phenoxy) is 2. The average Bonchev–Trinajstić information content (AvgIpc) is 2.96. The Morgan fingerprint density at radius 3 is 2.90 bits per heavy atom. The molecule has 0 aliphatic carbocycles. The molecule has 0 spiro atoms. The van der Waals surface area contributed by atoms with Crippen LogP contribution in [0.25, 0.3) is 0 Å². The maximum Gasteiger partial charge on any atom is 0.175 e. The number of thiazole rings is 1. The highest BCUT2D eigenvalue weighted by Crippen LogP contribution is 2.37. The van der Waals surface area contributed by atoms with E-state index in [0.717, 1.165) is 34.6 Å². The summed E-state index contributed by atoms with van der Waals surface area (Å²) in [7, 11) is 1.65. The SMILES string of the molecule is CCNCc1cc(Br)c(OCc2cscn2)c(OC)c1. The van der Waals surface area contributed by atoms with Gasteiger partial charge in [-0.05, 0) is 40.2 Å². The van der Waals surface area contributed by atoms with Crippen molar-refractivity contribution in [1.82, 2.24) is 10.3 Å². The van der Waals surface area contributed by atoms with Crippen LogP contribution in [0.2, 0.25) is 0 Å². The highest BCUT2D eigenvalue weighted by atomic mass is 79.9. The average molecular weight is 357 g/mol. The molecule has 2 aromatic rings. The fraction of sp³-hybridized carbons (Fsp3) is 0.357. The van der Waals surface area contributed by atoms with Gasteiger partial charge in [0.05, 0.1) is 22.8 Å². The van der Waals surface area contributed by atoms with Crippen molar-refractivity contribution < 1.29 is 9.47 Å². The number of nitrogens with zero attached hydrogens (tertiary/aromatic N) is 1. The van der Waals surface area contributed by atoms with Gasteiger partial charge in [0.25, 0.3) is 0 Å². The molecule has 0 bridgehead atoms. The van der Waals surface area contributed by atoms with Crippen LogP contribution in [0.5, 0.6) is 11.5 Å². The van der Waals surface area contributed by atoms with Crippen molar-refractivity contribution in [3.63, 3.8) is 0 Å². The van der Waals surface area contributed by atoms with Gasteiger partial charge in [0.2, 0.25) is 0 Å². The van der Waals surface area contributed by atoms with Crippen LogP contribution in [0.3, 0.4) is 0 Å². The van der Waals surface area contributed by atoms with Gasteiger partial charge >= 0.3 is 0 Å². The Morgan fingerprint density at radius 2 is 2.25 bits per heavy atom. The molecule has 0 fully saturated rings. The predicted octanol–water partition coefficient (Wildman–Crippen LogP) is 3.60. The molecule has 0 saturated heterocycles. The number of hydrogen-bond donors (Lipinski definition) is 1. The second-order valence-corrected chi connectivity index (χ2v) is 5.73. The summed E-state index contributed by atoms with van der Waals surface area (Å²) in [5.74, 6) is 1.43. The standard InChI is InChI=1S/C14H17BrN2O2S/c1-3-16-6-10-4-12(15)14(13(5-10)18-2)19-7-11-8-20-9-17-11/h4-5,8-9,16H,3,6-7H2,1-2H3. The molecule has 1 heterocycles. The normalized spacial score (nSPS) is 10.6. The van der Waals surface area contributed by atoms with Crippen molar-refractivity contribution in [3.05, 3.63) is 38.8 Å². The minimum atomic E-state index is 0.436. The molecular weight excluding hydrogens is 340 g/mol. The summed E-state index contributed by atoms with van der Waals surface area (Å²) in [6, 6.07) is 4.03. The lowest BCUT2D eigenvalue weighted by Gasteiger charge is -2.14. The lowest BCUT2D eigenvalue weighted by molar-refractivity contribution is 0.279. The highest BCUT2D eigenvalue weighted by molar-refractivity contribution is 9.10. The van der Waals surface area contributed by atoms with Crippen LogP contribution in [-0.4, -0.2) is 18.6 Å². The molecule has 0 saturated carbocycles. The Bertz CT molecular complexity index is 546. The van der Waals surface area contributed by atoms with Gasteiger partial charge < -0.3 is 14.8 Å². The van der Waals surface area contributed by atoms with E-state index in [1.165, 1.54) is 0 Å². The van der Waals surface area contributed by atoms with Crippen molar-refractivity contribution in [2.75, 3.05) is 13.7 Å². The Kier molecular flexibility index (Phi) is 5.82. The Labute approximate surface area is 131 Å². The van der Waals surface area contributed by atoms with Gasteiger partial charge in [0, 0.05) is 11.9 Å². The van der Waals surface area contributed by atoms with Crippen molar-refractivity contribution in [3.8, 4) is 11.5 Å². The van der Waals surface area contributed by atoms with Gasteiger partial charge in [-0.1, -0.05) is 6.92 Å². The van der Waals surface area contributed by atoms with Crippen LogP contribution in [0, 0.1) is 0 Å². The summed E-state index contributed by atoms with van der Waals surface area (Å²) < 4.78 is 12.1. The molecule has 1 aromatic heterocycles. The summed E-state index contributed by atoms with van der Waals surface area (Å²) in [6.07, 6.45) is 0. The number of benzene rings is 1. The first-order chi connectivity index (χ1) is 9.74. The van der Waals surface area contributed by atoms with Crippen molar-refractivity contribution in [2.45, 2.75) is 20.1 Å². The Hall–Kier alpha value is -1.11. The smallest absolute Gasteiger partial charge is 0.175 e. The van der Waals surface area contributed by atoms with Crippen LogP contribution in [0.15, 0.2) is 27.5 Å². The summed E-state index contributed by atoms with van der Waals surface area (Å²) in [5.41, 5.74) is 3.86. The monoisotopic (exact) mass is 356 g/mol. The molecule has 0 amide bonds. The first-order valence-electron chi connectivity index (χ1n) is 6.31. The second kappa shape index (κ2) is 7.61. The minimum absolute atomic E-state index is 0.436. The first kappa shape index (κ1) is 15.3. The van der Waals surface area contributed by atoms with Crippen molar-refractivity contribution >= 4 is 27.3 Å². The summed E-state index contributed by atoms with van der Waals surface area (Å²) >= 11 is 5.10. The van der Waals surface area contributed by atoms with Crippen LogP contribution < -0.4 is 14.8 Å². The predicted molar refractivity (Wildman–Crippen MR) is 84.5 cm³/mol. The van der Waals surface area contributed by atoms with Gasteiger partial charge in [-0.3, -0.25) is 0 Å². The van der Waals surface area contributed by atoms with E-state index in [1.807, 2.05) is 17.5 Å². The van der Waals surface area contributed by atoms with Gasteiger partial charge in [-0.15, -0.1) is 11.3 Å². The van der Waals surface area contributed by atoms with E-state index in [4.69, 9.17) is 9.47 Å². The summed E-state index contributed by atoms with van der Waals surface area (Å²) in [5, 5.41) is 5.26. The molecule has 1 aromatic carbocycles. The zero-order valence-corrected chi connectivity index (χ0v) is 13.9. The number of aromatic nitrogens is 1. The van der Waals surface area contributed by atoms with E-state index in [9.17, 15) is 0 Å².